The Hall–Kier alpha value is -2.06. The predicted molar refractivity (Wildman–Crippen MR) is 103 cm³/mol. The number of nitrogens with one attached hydrogen (secondary N) is 1. The monoisotopic (exact) mass is 372 g/mol. The Labute approximate surface area is 156 Å². The van der Waals surface area contributed by atoms with Crippen molar-refractivity contribution in [2.75, 3.05) is 26.2 Å². The van der Waals surface area contributed by atoms with E-state index in [0.717, 1.165) is 48.3 Å². The quantitative estimate of drug-likeness (QED) is 0.718. The van der Waals surface area contributed by atoms with Crippen LogP contribution in [0.4, 0.5) is 0 Å². The fourth-order valence-corrected chi connectivity index (χ4v) is 4.82. The van der Waals surface area contributed by atoms with Gasteiger partial charge in [0.15, 0.2) is 5.65 Å². The molecule has 3 heterocycles. The topological polar surface area (TPSA) is 75.4 Å². The van der Waals surface area contributed by atoms with Crippen molar-refractivity contribution in [2.24, 2.45) is 0 Å². The fourth-order valence-electron chi connectivity index (χ4n) is 3.60. The third kappa shape index (κ3) is 3.07. The summed E-state index contributed by atoms with van der Waals surface area (Å²) in [4.78, 5) is 26.2. The molecule has 8 heteroatoms. The highest BCUT2D eigenvalue weighted by Gasteiger charge is 2.22. The van der Waals surface area contributed by atoms with E-state index in [0.29, 0.717) is 6.54 Å². The Balaban J connectivity index is 1.60. The summed E-state index contributed by atoms with van der Waals surface area (Å²) in [6, 6.07) is 0. The molecule has 1 N–H and O–H groups in total. The number of aromatic nitrogens is 4. The van der Waals surface area contributed by atoms with Crippen molar-refractivity contribution < 1.29 is 4.79 Å². The first kappa shape index (κ1) is 17.4. The number of nitrogens with zero attached hydrogens (tertiary/aromatic N) is 5. The van der Waals surface area contributed by atoms with Gasteiger partial charge in [0.25, 0.3) is 5.91 Å². The Bertz CT molecular complexity index is 942. The first-order valence-electron chi connectivity index (χ1n) is 9.37. The Morgan fingerprint density at radius 3 is 2.92 bits per heavy atom. The van der Waals surface area contributed by atoms with Crippen LogP contribution in [0.5, 0.6) is 0 Å². The standard InChI is InChI=1S/C18H24N6OS/c1-3-23(4-2)10-9-19-17(25)15-21-16-14-12-7-5-6-8-13(12)26-18(14)20-11-24(16)22-15/h11H,3-10H2,1-2H3,(H,19,25). The molecule has 0 aliphatic heterocycles. The molecule has 0 bridgehead atoms. The molecule has 138 valence electrons. The Morgan fingerprint density at radius 1 is 1.31 bits per heavy atom. The molecule has 3 aromatic rings. The molecule has 1 aliphatic carbocycles. The van der Waals surface area contributed by atoms with Gasteiger partial charge in [0.05, 0.1) is 5.39 Å². The smallest absolute Gasteiger partial charge is 0.291 e. The normalized spacial score (nSPS) is 14.3. The van der Waals surface area contributed by atoms with E-state index >= 15 is 0 Å². The van der Waals surface area contributed by atoms with Gasteiger partial charge in [-0.3, -0.25) is 4.79 Å². The zero-order chi connectivity index (χ0) is 18.1. The van der Waals surface area contributed by atoms with Gasteiger partial charge in [0.1, 0.15) is 11.2 Å². The molecule has 7 nitrogen and oxygen atoms in total. The van der Waals surface area contributed by atoms with Crippen LogP contribution >= 0.6 is 11.3 Å². The summed E-state index contributed by atoms with van der Waals surface area (Å²) in [5.74, 6) is -0.00675. The Kier molecular flexibility index (Phi) is 4.86. The molecule has 0 saturated heterocycles. The van der Waals surface area contributed by atoms with Crippen LogP contribution in [-0.4, -0.2) is 56.6 Å². The van der Waals surface area contributed by atoms with Gasteiger partial charge in [0.2, 0.25) is 5.82 Å². The SMILES string of the molecule is CCN(CC)CCNC(=O)c1nc2c3c4c(sc3ncn2n1)CCCC4. The van der Waals surface area contributed by atoms with Crippen LogP contribution in [0, 0.1) is 0 Å². The largest absolute Gasteiger partial charge is 0.348 e. The number of carbonyl (C=O) groups excluding carboxylic acids is 1. The average molecular weight is 372 g/mol. The maximum Gasteiger partial charge on any atom is 0.291 e. The highest BCUT2D eigenvalue weighted by atomic mass is 32.1. The molecule has 0 atom stereocenters. The highest BCUT2D eigenvalue weighted by molar-refractivity contribution is 7.19. The van der Waals surface area contributed by atoms with Crippen molar-refractivity contribution in [1.82, 2.24) is 29.8 Å². The number of aryl methyl sites for hydroxylation is 2. The van der Waals surface area contributed by atoms with Gasteiger partial charge in [-0.1, -0.05) is 13.8 Å². The zero-order valence-corrected chi connectivity index (χ0v) is 16.1. The summed E-state index contributed by atoms with van der Waals surface area (Å²) in [6.45, 7) is 7.62. The zero-order valence-electron chi connectivity index (χ0n) is 15.3. The van der Waals surface area contributed by atoms with Crippen molar-refractivity contribution in [3.63, 3.8) is 0 Å². The molecule has 1 aliphatic rings. The van der Waals surface area contributed by atoms with Crippen LogP contribution < -0.4 is 5.32 Å². The molecule has 0 fully saturated rings. The maximum absolute atomic E-state index is 12.4. The van der Waals surface area contributed by atoms with Crippen molar-refractivity contribution in [3.05, 3.63) is 22.6 Å². The summed E-state index contributed by atoms with van der Waals surface area (Å²) in [5, 5.41) is 8.36. The number of amides is 1. The molecular weight excluding hydrogens is 348 g/mol. The first-order valence-corrected chi connectivity index (χ1v) is 10.2. The van der Waals surface area contributed by atoms with Gasteiger partial charge in [-0.15, -0.1) is 16.4 Å². The minimum Gasteiger partial charge on any atom is -0.348 e. The van der Waals surface area contributed by atoms with Gasteiger partial charge < -0.3 is 10.2 Å². The lowest BCUT2D eigenvalue weighted by Crippen LogP contribution is -2.35. The molecule has 0 saturated carbocycles. The van der Waals surface area contributed by atoms with E-state index in [1.807, 2.05) is 0 Å². The van der Waals surface area contributed by atoms with Gasteiger partial charge in [-0.05, 0) is 44.3 Å². The van der Waals surface area contributed by atoms with E-state index in [1.165, 1.54) is 23.3 Å². The van der Waals surface area contributed by atoms with E-state index in [1.54, 1.807) is 22.2 Å². The third-order valence-corrected chi connectivity index (χ3v) is 6.30. The molecule has 0 spiro atoms. The number of hydrogen-bond acceptors (Lipinski definition) is 6. The van der Waals surface area contributed by atoms with E-state index in [2.05, 4.69) is 39.1 Å². The van der Waals surface area contributed by atoms with E-state index < -0.39 is 0 Å². The molecule has 3 aromatic heterocycles. The van der Waals surface area contributed by atoms with E-state index in [4.69, 9.17) is 0 Å². The fraction of sp³-hybridized carbons (Fsp3) is 0.556. The molecule has 0 unspecified atom stereocenters. The van der Waals surface area contributed by atoms with Crippen molar-refractivity contribution >= 4 is 33.1 Å². The minimum absolute atomic E-state index is 0.217. The van der Waals surface area contributed by atoms with Crippen LogP contribution in [0.2, 0.25) is 0 Å². The van der Waals surface area contributed by atoms with E-state index in [-0.39, 0.29) is 11.7 Å². The first-order chi connectivity index (χ1) is 12.7. The van der Waals surface area contributed by atoms with Gasteiger partial charge in [-0.25, -0.2) is 14.5 Å². The highest BCUT2D eigenvalue weighted by Crippen LogP contribution is 2.36. The lowest BCUT2D eigenvalue weighted by atomic mass is 9.97. The van der Waals surface area contributed by atoms with Crippen LogP contribution in [0.3, 0.4) is 0 Å². The van der Waals surface area contributed by atoms with Gasteiger partial charge in [-0.2, -0.15) is 0 Å². The van der Waals surface area contributed by atoms with Gasteiger partial charge >= 0.3 is 0 Å². The average Bonchev–Trinajstić information content (AvgIpc) is 3.25. The lowest BCUT2D eigenvalue weighted by Gasteiger charge is -2.17. The third-order valence-electron chi connectivity index (χ3n) is 5.10. The van der Waals surface area contributed by atoms with Crippen molar-refractivity contribution in [3.8, 4) is 0 Å². The van der Waals surface area contributed by atoms with Crippen LogP contribution in [0.15, 0.2) is 6.33 Å². The number of thiophene rings is 1. The summed E-state index contributed by atoms with van der Waals surface area (Å²) in [6.07, 6.45) is 6.29. The van der Waals surface area contributed by atoms with Crippen molar-refractivity contribution in [2.45, 2.75) is 39.5 Å². The second-order valence-corrected chi connectivity index (χ2v) is 7.71. The summed E-state index contributed by atoms with van der Waals surface area (Å²) >= 11 is 1.76. The van der Waals surface area contributed by atoms with Crippen LogP contribution in [-0.2, 0) is 12.8 Å². The van der Waals surface area contributed by atoms with Crippen LogP contribution in [0.25, 0.3) is 15.9 Å². The number of hydrogen-bond donors (Lipinski definition) is 1. The number of carbonyl (C=O) groups is 1. The summed E-state index contributed by atoms with van der Waals surface area (Å²) in [7, 11) is 0. The number of likely N-dealkylation sites (N-methyl/N-ethyl adjacent to an activating group) is 1. The molecule has 0 aromatic carbocycles. The molecule has 1 amide bonds. The lowest BCUT2D eigenvalue weighted by molar-refractivity contribution is 0.0939. The maximum atomic E-state index is 12.4. The van der Waals surface area contributed by atoms with Crippen molar-refractivity contribution in [1.29, 1.82) is 0 Å². The molecule has 26 heavy (non-hydrogen) atoms. The predicted octanol–water partition coefficient (Wildman–Crippen LogP) is 2.29. The van der Waals surface area contributed by atoms with Crippen LogP contribution in [0.1, 0.15) is 47.7 Å². The summed E-state index contributed by atoms with van der Waals surface area (Å²) in [5.41, 5.74) is 2.11. The Morgan fingerprint density at radius 2 is 2.12 bits per heavy atom. The van der Waals surface area contributed by atoms with E-state index in [9.17, 15) is 4.79 Å². The molecule has 0 radical (unpaired) electrons. The minimum atomic E-state index is -0.224. The number of fused-ring (bicyclic) bond motifs is 5. The number of rotatable bonds is 6. The second kappa shape index (κ2) is 7.28. The molecular formula is C18H24N6OS. The molecule has 4 rings (SSSR count). The summed E-state index contributed by atoms with van der Waals surface area (Å²) < 4.78 is 1.64. The van der Waals surface area contributed by atoms with Gasteiger partial charge in [0, 0.05) is 18.0 Å². The second-order valence-electron chi connectivity index (χ2n) is 6.62.